The van der Waals surface area contributed by atoms with Crippen LogP contribution in [0.2, 0.25) is 5.15 Å². The van der Waals surface area contributed by atoms with Gasteiger partial charge in [-0.3, -0.25) is 4.79 Å². The Bertz CT molecular complexity index is 920. The van der Waals surface area contributed by atoms with E-state index in [4.69, 9.17) is 16.3 Å². The van der Waals surface area contributed by atoms with Crippen LogP contribution in [0, 0.1) is 0 Å². The number of rotatable bonds is 4. The molecule has 0 saturated carbocycles. The summed E-state index contributed by atoms with van der Waals surface area (Å²) in [4.78, 5) is 17.2. The van der Waals surface area contributed by atoms with Gasteiger partial charge < -0.3 is 4.74 Å². The maximum absolute atomic E-state index is 12.2. The Morgan fingerprint density at radius 1 is 1.35 bits per heavy atom. The predicted octanol–water partition coefficient (Wildman–Crippen LogP) is 5.62. The Labute approximate surface area is 150 Å². The number of fused-ring (bicyclic) bond motifs is 1. The first kappa shape index (κ1) is 16.2. The number of ketones is 1. The molecule has 0 aliphatic carbocycles. The van der Waals surface area contributed by atoms with Crippen LogP contribution in [-0.4, -0.2) is 17.9 Å². The SMILES string of the molecule is COc1ccc2nc(Cl)c(/C=C/C(=O)c3sccc3Br)cc2c1. The number of thiophene rings is 1. The van der Waals surface area contributed by atoms with Crippen LogP contribution in [0.25, 0.3) is 17.0 Å². The summed E-state index contributed by atoms with van der Waals surface area (Å²) in [5.41, 5.74) is 1.47. The van der Waals surface area contributed by atoms with Crippen LogP contribution < -0.4 is 4.74 Å². The van der Waals surface area contributed by atoms with Gasteiger partial charge in [-0.15, -0.1) is 11.3 Å². The third-order valence-corrected chi connectivity index (χ3v) is 5.41. The molecule has 1 aromatic carbocycles. The van der Waals surface area contributed by atoms with E-state index in [1.807, 2.05) is 35.7 Å². The quantitative estimate of drug-likeness (QED) is 0.320. The molecule has 3 rings (SSSR count). The van der Waals surface area contributed by atoms with Crippen molar-refractivity contribution in [3.8, 4) is 5.75 Å². The largest absolute Gasteiger partial charge is 0.497 e. The lowest BCUT2D eigenvalue weighted by molar-refractivity contribution is 0.105. The summed E-state index contributed by atoms with van der Waals surface area (Å²) < 4.78 is 6.01. The first-order chi connectivity index (χ1) is 11.1. The minimum absolute atomic E-state index is 0.0753. The molecule has 2 heterocycles. The molecule has 0 saturated heterocycles. The van der Waals surface area contributed by atoms with Crippen molar-refractivity contribution in [2.24, 2.45) is 0 Å². The molecule has 0 amide bonds. The molecule has 116 valence electrons. The number of benzene rings is 1. The number of aromatic nitrogens is 1. The maximum Gasteiger partial charge on any atom is 0.196 e. The highest BCUT2D eigenvalue weighted by molar-refractivity contribution is 9.10. The fourth-order valence-corrected chi connectivity index (χ4v) is 3.80. The molecule has 0 atom stereocenters. The topological polar surface area (TPSA) is 39.2 Å². The number of pyridine rings is 1. The number of hydrogen-bond acceptors (Lipinski definition) is 4. The summed E-state index contributed by atoms with van der Waals surface area (Å²) in [7, 11) is 1.61. The summed E-state index contributed by atoms with van der Waals surface area (Å²) in [5.74, 6) is 0.670. The Kier molecular flexibility index (Phi) is 4.80. The van der Waals surface area contributed by atoms with Gasteiger partial charge in [0, 0.05) is 15.4 Å². The molecule has 0 N–H and O–H groups in total. The van der Waals surface area contributed by atoms with E-state index in [0.717, 1.165) is 21.1 Å². The molecule has 0 aliphatic rings. The van der Waals surface area contributed by atoms with Gasteiger partial charge in [0.05, 0.1) is 17.5 Å². The maximum atomic E-state index is 12.2. The van der Waals surface area contributed by atoms with E-state index in [1.165, 1.54) is 17.4 Å². The number of hydrogen-bond donors (Lipinski definition) is 0. The normalized spacial score (nSPS) is 11.3. The highest BCUT2D eigenvalue weighted by Crippen LogP contribution is 2.26. The van der Waals surface area contributed by atoms with Crippen LogP contribution in [0.3, 0.4) is 0 Å². The predicted molar refractivity (Wildman–Crippen MR) is 98.7 cm³/mol. The van der Waals surface area contributed by atoms with Gasteiger partial charge in [-0.25, -0.2) is 4.98 Å². The lowest BCUT2D eigenvalue weighted by atomic mass is 10.1. The highest BCUT2D eigenvalue weighted by atomic mass is 79.9. The summed E-state index contributed by atoms with van der Waals surface area (Å²) in [6, 6.07) is 9.30. The fraction of sp³-hybridized carbons (Fsp3) is 0.0588. The Balaban J connectivity index is 1.96. The average molecular weight is 409 g/mol. The molecular weight excluding hydrogens is 398 g/mol. The molecule has 0 aliphatic heterocycles. The van der Waals surface area contributed by atoms with Crippen molar-refractivity contribution < 1.29 is 9.53 Å². The molecule has 23 heavy (non-hydrogen) atoms. The van der Waals surface area contributed by atoms with E-state index >= 15 is 0 Å². The number of carbonyl (C=O) groups excluding carboxylic acids is 1. The van der Waals surface area contributed by atoms with Crippen molar-refractivity contribution >= 4 is 61.6 Å². The van der Waals surface area contributed by atoms with Crippen molar-refractivity contribution in [1.29, 1.82) is 0 Å². The zero-order valence-corrected chi connectivity index (χ0v) is 15.2. The zero-order valence-electron chi connectivity index (χ0n) is 12.0. The zero-order chi connectivity index (χ0) is 16.4. The van der Waals surface area contributed by atoms with E-state index in [-0.39, 0.29) is 5.78 Å². The standard InChI is InChI=1S/C17H11BrClNO2S/c1-22-12-3-4-14-11(9-12)8-10(17(19)20-14)2-5-15(21)16-13(18)6-7-23-16/h2-9H,1H3/b5-2+. The van der Waals surface area contributed by atoms with E-state index in [9.17, 15) is 4.79 Å². The van der Waals surface area contributed by atoms with Gasteiger partial charge in [0.1, 0.15) is 10.9 Å². The van der Waals surface area contributed by atoms with Gasteiger partial charge in [-0.2, -0.15) is 0 Å². The molecule has 0 fully saturated rings. The number of allylic oxidation sites excluding steroid dienone is 1. The molecule has 3 aromatic rings. The summed E-state index contributed by atoms with van der Waals surface area (Å²) in [6.07, 6.45) is 3.19. The lowest BCUT2D eigenvalue weighted by Crippen LogP contribution is -1.91. The minimum atomic E-state index is -0.0753. The van der Waals surface area contributed by atoms with Crippen LogP contribution in [0.5, 0.6) is 5.75 Å². The van der Waals surface area contributed by atoms with Gasteiger partial charge in [0.2, 0.25) is 0 Å². The van der Waals surface area contributed by atoms with Crippen molar-refractivity contribution in [3.63, 3.8) is 0 Å². The monoisotopic (exact) mass is 407 g/mol. The molecule has 2 aromatic heterocycles. The Hall–Kier alpha value is -1.69. The molecule has 0 radical (unpaired) electrons. The second-order valence-electron chi connectivity index (χ2n) is 4.72. The summed E-state index contributed by atoms with van der Waals surface area (Å²) >= 11 is 11.0. The van der Waals surface area contributed by atoms with Crippen LogP contribution in [0.15, 0.2) is 46.3 Å². The van der Waals surface area contributed by atoms with Gasteiger partial charge in [-0.1, -0.05) is 11.6 Å². The van der Waals surface area contributed by atoms with E-state index in [2.05, 4.69) is 20.9 Å². The van der Waals surface area contributed by atoms with E-state index < -0.39 is 0 Å². The van der Waals surface area contributed by atoms with Crippen LogP contribution in [0.4, 0.5) is 0 Å². The van der Waals surface area contributed by atoms with Crippen LogP contribution in [-0.2, 0) is 0 Å². The smallest absolute Gasteiger partial charge is 0.196 e. The van der Waals surface area contributed by atoms with Gasteiger partial charge in [-0.05, 0) is 63.8 Å². The van der Waals surface area contributed by atoms with Crippen molar-refractivity contribution in [2.75, 3.05) is 7.11 Å². The molecular formula is C17H11BrClNO2S. The number of nitrogens with zero attached hydrogens (tertiary/aromatic N) is 1. The third kappa shape index (κ3) is 3.47. The fourth-order valence-electron chi connectivity index (χ4n) is 2.10. The average Bonchev–Trinajstić information content (AvgIpc) is 2.98. The first-order valence-electron chi connectivity index (χ1n) is 6.68. The molecule has 0 spiro atoms. The van der Waals surface area contributed by atoms with Crippen molar-refractivity contribution in [3.05, 3.63) is 61.9 Å². The van der Waals surface area contributed by atoms with Gasteiger partial charge in [0.15, 0.2) is 5.78 Å². The van der Waals surface area contributed by atoms with Crippen molar-refractivity contribution in [2.45, 2.75) is 0 Å². The van der Waals surface area contributed by atoms with Crippen LogP contribution in [0.1, 0.15) is 15.2 Å². The third-order valence-electron chi connectivity index (χ3n) is 3.26. The number of carbonyl (C=O) groups is 1. The summed E-state index contributed by atoms with van der Waals surface area (Å²) in [5, 5.41) is 3.12. The highest BCUT2D eigenvalue weighted by Gasteiger charge is 2.09. The molecule has 6 heteroatoms. The molecule has 0 bridgehead atoms. The van der Waals surface area contributed by atoms with Gasteiger partial charge in [0.25, 0.3) is 0 Å². The number of methoxy groups -OCH3 is 1. The minimum Gasteiger partial charge on any atom is -0.497 e. The van der Waals surface area contributed by atoms with Crippen LogP contribution >= 0.6 is 38.9 Å². The van der Waals surface area contributed by atoms with E-state index in [0.29, 0.717) is 15.6 Å². The molecule has 3 nitrogen and oxygen atoms in total. The molecule has 0 unspecified atom stereocenters. The second-order valence-corrected chi connectivity index (χ2v) is 6.85. The van der Waals surface area contributed by atoms with E-state index in [1.54, 1.807) is 13.2 Å². The summed E-state index contributed by atoms with van der Waals surface area (Å²) in [6.45, 7) is 0. The number of halogens is 2. The Morgan fingerprint density at radius 2 is 2.17 bits per heavy atom. The van der Waals surface area contributed by atoms with Gasteiger partial charge >= 0.3 is 0 Å². The Morgan fingerprint density at radius 3 is 2.87 bits per heavy atom. The van der Waals surface area contributed by atoms with Crippen molar-refractivity contribution in [1.82, 2.24) is 4.98 Å². The number of ether oxygens (including phenoxy) is 1. The second kappa shape index (κ2) is 6.83. The lowest BCUT2D eigenvalue weighted by Gasteiger charge is -2.04. The first-order valence-corrected chi connectivity index (χ1v) is 8.73.